The predicted octanol–water partition coefficient (Wildman–Crippen LogP) is 7.39. The maximum absolute atomic E-state index is 11.7. The van der Waals surface area contributed by atoms with Gasteiger partial charge in [-0.1, -0.05) is 47.6 Å². The van der Waals surface area contributed by atoms with Crippen molar-refractivity contribution >= 4 is 39.3 Å². The van der Waals surface area contributed by atoms with Crippen molar-refractivity contribution < 1.29 is 14.4 Å². The molecule has 4 aromatic rings. The number of aromatic nitrogens is 3. The highest BCUT2D eigenvalue weighted by Crippen LogP contribution is 2.43. The average molecular weight is 618 g/mol. The maximum atomic E-state index is 11.7. The van der Waals surface area contributed by atoms with Gasteiger partial charge in [-0.25, -0.2) is 0 Å². The van der Waals surface area contributed by atoms with Gasteiger partial charge in [-0.2, -0.15) is 0 Å². The summed E-state index contributed by atoms with van der Waals surface area (Å²) in [6, 6.07) is 19.0. The number of nitro groups is 1. The minimum absolute atomic E-state index is 0.307. The normalized spacial score (nSPS) is 11.8. The van der Waals surface area contributed by atoms with Gasteiger partial charge < -0.3 is 9.47 Å². The third-order valence-electron chi connectivity index (χ3n) is 5.62. The molecule has 0 spiro atoms. The van der Waals surface area contributed by atoms with Gasteiger partial charge in [-0.05, 0) is 89.8 Å². The fraction of sp³-hybridized carbons (Fsp3) is 0.259. The molecule has 3 aromatic carbocycles. The van der Waals surface area contributed by atoms with E-state index in [0.29, 0.717) is 50.8 Å². The third kappa shape index (κ3) is 6.86. The van der Waals surface area contributed by atoms with Gasteiger partial charge in [-0.3, -0.25) is 14.7 Å². The summed E-state index contributed by atoms with van der Waals surface area (Å²) < 4.78 is 14.5. The van der Waals surface area contributed by atoms with Crippen molar-refractivity contribution in [1.29, 1.82) is 0 Å². The first-order chi connectivity index (χ1) is 18.2. The van der Waals surface area contributed by atoms with Crippen LogP contribution in [0.2, 0.25) is 5.02 Å². The molecule has 198 valence electrons. The Bertz CT molecular complexity index is 1430. The van der Waals surface area contributed by atoms with Crippen LogP contribution in [-0.2, 0) is 6.61 Å². The lowest BCUT2D eigenvalue weighted by atomic mass is 10.1. The molecule has 38 heavy (non-hydrogen) atoms. The molecule has 0 aliphatic heterocycles. The van der Waals surface area contributed by atoms with Crippen molar-refractivity contribution in [3.63, 3.8) is 0 Å². The van der Waals surface area contributed by atoms with E-state index in [1.165, 1.54) is 11.8 Å². The minimum atomic E-state index is -0.557. The van der Waals surface area contributed by atoms with Gasteiger partial charge in [0, 0.05) is 15.6 Å². The molecule has 8 nitrogen and oxygen atoms in total. The lowest BCUT2D eigenvalue weighted by Gasteiger charge is -2.19. The number of hydrogen-bond acceptors (Lipinski definition) is 7. The van der Waals surface area contributed by atoms with Crippen LogP contribution in [0.5, 0.6) is 11.5 Å². The molecule has 1 atom stereocenters. The molecule has 0 bridgehead atoms. The maximum Gasteiger partial charge on any atom is 0.220 e. The second kappa shape index (κ2) is 12.6. The van der Waals surface area contributed by atoms with Crippen LogP contribution in [0.1, 0.15) is 34.7 Å². The van der Waals surface area contributed by atoms with Gasteiger partial charge in [0.15, 0.2) is 16.7 Å². The molecule has 0 N–H and O–H groups in total. The van der Waals surface area contributed by atoms with E-state index in [9.17, 15) is 10.1 Å². The Kier molecular flexibility index (Phi) is 9.30. The molecule has 0 fully saturated rings. The third-order valence-corrected chi connectivity index (χ3v) is 7.64. The van der Waals surface area contributed by atoms with Crippen molar-refractivity contribution in [3.05, 3.63) is 103 Å². The zero-order valence-corrected chi connectivity index (χ0v) is 24.2. The Balaban J connectivity index is 1.67. The average Bonchev–Trinajstić information content (AvgIpc) is 3.23. The van der Waals surface area contributed by atoms with E-state index in [0.717, 1.165) is 16.8 Å². The lowest BCUT2D eigenvalue weighted by Crippen LogP contribution is -2.12. The van der Waals surface area contributed by atoms with E-state index >= 15 is 0 Å². The highest BCUT2D eigenvalue weighted by molar-refractivity contribution is 9.10. The molecular formula is C27H26BrClN4O4S. The van der Waals surface area contributed by atoms with Crippen molar-refractivity contribution in [1.82, 2.24) is 14.8 Å². The highest BCUT2D eigenvalue weighted by Gasteiger charge is 2.26. The smallest absolute Gasteiger partial charge is 0.220 e. The lowest BCUT2D eigenvalue weighted by molar-refractivity contribution is -0.479. The van der Waals surface area contributed by atoms with E-state index in [1.54, 1.807) is 18.2 Å². The molecule has 0 unspecified atom stereocenters. The second-order valence-corrected chi connectivity index (χ2v) is 11.0. The summed E-state index contributed by atoms with van der Waals surface area (Å²) in [6.45, 7) is 6.14. The molecule has 4 rings (SSSR count). The van der Waals surface area contributed by atoms with Crippen molar-refractivity contribution in [3.8, 4) is 17.2 Å². The molecule has 0 aliphatic carbocycles. The largest absolute Gasteiger partial charge is 0.490 e. The molecule has 0 radical (unpaired) electrons. The first-order valence-corrected chi connectivity index (χ1v) is 13.9. The molecule has 1 aromatic heterocycles. The molecule has 0 amide bonds. The predicted molar refractivity (Wildman–Crippen MR) is 152 cm³/mol. The van der Waals surface area contributed by atoms with Gasteiger partial charge in [0.2, 0.25) is 6.54 Å². The number of nitrogens with zero attached hydrogens (tertiary/aromatic N) is 4. The number of thioether (sulfide) groups is 1. The number of benzene rings is 3. The van der Waals surface area contributed by atoms with E-state index in [-0.39, 0.29) is 11.5 Å². The van der Waals surface area contributed by atoms with E-state index in [4.69, 9.17) is 21.1 Å². The number of ether oxygens (including phenoxy) is 2. The molecule has 0 saturated heterocycles. The second-order valence-electron chi connectivity index (χ2n) is 8.50. The van der Waals surface area contributed by atoms with Crippen LogP contribution in [0.25, 0.3) is 5.69 Å². The van der Waals surface area contributed by atoms with Crippen molar-refractivity contribution in [2.75, 3.05) is 13.2 Å². The van der Waals surface area contributed by atoms with Crippen LogP contribution in [-0.4, -0.2) is 32.8 Å². The van der Waals surface area contributed by atoms with Crippen LogP contribution in [0.3, 0.4) is 0 Å². The van der Waals surface area contributed by atoms with E-state index in [1.807, 2.05) is 67.8 Å². The molecule has 0 aliphatic rings. The summed E-state index contributed by atoms with van der Waals surface area (Å²) in [5.74, 6) is 1.71. The summed E-state index contributed by atoms with van der Waals surface area (Å²) in [6.07, 6.45) is 0. The summed E-state index contributed by atoms with van der Waals surface area (Å²) >= 11 is 10.9. The number of aryl methyl sites for hydroxylation is 2. The molecule has 1 heterocycles. The van der Waals surface area contributed by atoms with Gasteiger partial charge in [0.25, 0.3) is 0 Å². The van der Waals surface area contributed by atoms with Gasteiger partial charge in [0.05, 0.1) is 11.1 Å². The number of hydrogen-bond donors (Lipinski definition) is 0. The Hall–Kier alpha value is -3.08. The van der Waals surface area contributed by atoms with Crippen LogP contribution < -0.4 is 9.47 Å². The quantitative estimate of drug-likeness (QED) is 0.0984. The van der Waals surface area contributed by atoms with E-state index in [2.05, 4.69) is 26.1 Å². The summed E-state index contributed by atoms with van der Waals surface area (Å²) in [4.78, 5) is 11.4. The summed E-state index contributed by atoms with van der Waals surface area (Å²) in [5, 5.41) is 20.9. The van der Waals surface area contributed by atoms with Crippen molar-refractivity contribution in [2.24, 2.45) is 0 Å². The molecule has 11 heteroatoms. The monoisotopic (exact) mass is 616 g/mol. The zero-order valence-electron chi connectivity index (χ0n) is 21.1. The van der Waals surface area contributed by atoms with Crippen molar-refractivity contribution in [2.45, 2.75) is 37.8 Å². The Morgan fingerprint density at radius 3 is 2.55 bits per heavy atom. The minimum Gasteiger partial charge on any atom is -0.490 e. The highest BCUT2D eigenvalue weighted by atomic mass is 79.9. The molecule has 0 saturated carbocycles. The summed E-state index contributed by atoms with van der Waals surface area (Å²) in [5.41, 5.74) is 3.64. The first-order valence-electron chi connectivity index (χ1n) is 11.9. The topological polar surface area (TPSA) is 92.3 Å². The van der Waals surface area contributed by atoms with Crippen LogP contribution in [0, 0.1) is 24.0 Å². The first kappa shape index (κ1) is 27.9. The van der Waals surface area contributed by atoms with Gasteiger partial charge in [-0.15, -0.1) is 10.2 Å². The number of rotatable bonds is 11. The fourth-order valence-corrected chi connectivity index (χ4v) is 5.72. The van der Waals surface area contributed by atoms with Crippen LogP contribution in [0.15, 0.2) is 70.3 Å². The van der Waals surface area contributed by atoms with Crippen LogP contribution >= 0.6 is 39.3 Å². The Morgan fingerprint density at radius 2 is 1.87 bits per heavy atom. The SMILES string of the molecule is CCOc1cc([C@H](C[N+](=O)[O-])Sc2nnc(C)n2-c2cccc(C)c2)cc(Br)c1OCc1ccc(Cl)cc1. The Morgan fingerprint density at radius 1 is 1.11 bits per heavy atom. The number of halogens is 2. The summed E-state index contributed by atoms with van der Waals surface area (Å²) in [7, 11) is 0. The van der Waals surface area contributed by atoms with E-state index < -0.39 is 5.25 Å². The van der Waals surface area contributed by atoms with Crippen LogP contribution in [0.4, 0.5) is 0 Å². The van der Waals surface area contributed by atoms with Gasteiger partial charge in [0.1, 0.15) is 17.7 Å². The fourth-order valence-electron chi connectivity index (χ4n) is 3.87. The standard InChI is InChI=1S/C27H26BrClN4O4S/c1-4-36-24-14-20(13-23(28)26(24)37-16-19-8-10-21(29)11-9-19)25(15-32(34)35)38-27-31-30-18(3)33(27)22-7-5-6-17(2)12-22/h5-14,25H,4,15-16H2,1-3H3/t25-/m0/s1. The Labute approximate surface area is 238 Å². The van der Waals surface area contributed by atoms with Gasteiger partial charge >= 0.3 is 0 Å². The molecular weight excluding hydrogens is 592 g/mol. The zero-order chi connectivity index (χ0) is 27.2.